The quantitative estimate of drug-likeness (QED) is 0.886. The highest BCUT2D eigenvalue weighted by Crippen LogP contribution is 2.24. The van der Waals surface area contributed by atoms with Crippen molar-refractivity contribution < 1.29 is 9.53 Å². The van der Waals surface area contributed by atoms with Gasteiger partial charge in [0.15, 0.2) is 5.65 Å². The molecule has 0 unspecified atom stereocenters. The Labute approximate surface area is 153 Å². The Bertz CT molecular complexity index is 747. The number of piperidine rings is 1. The molecule has 2 fully saturated rings. The van der Waals surface area contributed by atoms with Gasteiger partial charge in [-0.05, 0) is 44.8 Å². The van der Waals surface area contributed by atoms with E-state index in [1.807, 2.05) is 12.4 Å². The Balaban J connectivity index is 1.38. The fourth-order valence-corrected chi connectivity index (χ4v) is 3.89. The summed E-state index contributed by atoms with van der Waals surface area (Å²) in [5, 5.41) is 3.01. The second-order valence-electron chi connectivity index (χ2n) is 7.22. The molecule has 0 aromatic carbocycles. The summed E-state index contributed by atoms with van der Waals surface area (Å²) in [6, 6.07) is 2.22. The number of ether oxygens (including phenoxy) is 1. The highest BCUT2D eigenvalue weighted by molar-refractivity contribution is 5.96. The number of aromatic nitrogens is 3. The maximum absolute atomic E-state index is 12.4. The highest BCUT2D eigenvalue weighted by atomic mass is 16.5. The van der Waals surface area contributed by atoms with Crippen molar-refractivity contribution in [2.24, 2.45) is 0 Å². The Kier molecular flexibility index (Phi) is 5.45. The lowest BCUT2D eigenvalue weighted by Crippen LogP contribution is -2.37. The number of hydrogen-bond donors (Lipinski definition) is 1. The van der Waals surface area contributed by atoms with Crippen LogP contribution in [0.1, 0.15) is 48.5 Å². The molecule has 0 aliphatic carbocycles. The zero-order valence-corrected chi connectivity index (χ0v) is 15.2. The SMILES string of the molecule is O=C(NCCN1CCCCC1)c1cnc2c(c1)ncn2C1CCOCC1. The molecule has 0 radical (unpaired) electrons. The molecule has 0 bridgehead atoms. The molecule has 1 amide bonds. The molecule has 7 heteroatoms. The standard InChI is InChI=1S/C19H27N5O2/c25-19(20-6-9-23-7-2-1-3-8-23)15-12-17-18(21-13-15)24(14-22-17)16-4-10-26-11-5-16/h12-14,16H,1-11H2,(H,20,25). The number of amides is 1. The van der Waals surface area contributed by atoms with Crippen molar-refractivity contribution in [2.45, 2.75) is 38.1 Å². The number of imidazole rings is 1. The van der Waals surface area contributed by atoms with Crippen LogP contribution in [0.2, 0.25) is 0 Å². The fraction of sp³-hybridized carbons (Fsp3) is 0.632. The number of fused-ring (bicyclic) bond motifs is 1. The molecule has 4 heterocycles. The Hall–Kier alpha value is -1.99. The molecule has 1 N–H and O–H groups in total. The lowest BCUT2D eigenvalue weighted by molar-refractivity contribution is 0.0704. The molecule has 26 heavy (non-hydrogen) atoms. The molecular formula is C19H27N5O2. The van der Waals surface area contributed by atoms with E-state index < -0.39 is 0 Å². The number of hydrogen-bond acceptors (Lipinski definition) is 5. The van der Waals surface area contributed by atoms with Gasteiger partial charge < -0.3 is 19.5 Å². The average Bonchev–Trinajstić information content (AvgIpc) is 3.12. The first-order chi connectivity index (χ1) is 12.8. The first kappa shape index (κ1) is 17.4. The van der Waals surface area contributed by atoms with Crippen molar-refractivity contribution in [2.75, 3.05) is 39.4 Å². The largest absolute Gasteiger partial charge is 0.381 e. The van der Waals surface area contributed by atoms with Crippen LogP contribution >= 0.6 is 0 Å². The van der Waals surface area contributed by atoms with Gasteiger partial charge in [0.2, 0.25) is 0 Å². The van der Waals surface area contributed by atoms with Crippen LogP contribution in [0.5, 0.6) is 0 Å². The van der Waals surface area contributed by atoms with Crippen LogP contribution in [0, 0.1) is 0 Å². The summed E-state index contributed by atoms with van der Waals surface area (Å²) in [6.07, 6.45) is 9.32. The van der Waals surface area contributed by atoms with Crippen molar-refractivity contribution in [3.8, 4) is 0 Å². The van der Waals surface area contributed by atoms with Crippen molar-refractivity contribution in [3.05, 3.63) is 24.2 Å². The number of nitrogens with zero attached hydrogens (tertiary/aromatic N) is 4. The van der Waals surface area contributed by atoms with E-state index in [0.29, 0.717) is 18.2 Å². The van der Waals surface area contributed by atoms with Crippen LogP contribution in [0.25, 0.3) is 11.2 Å². The lowest BCUT2D eigenvalue weighted by Gasteiger charge is -2.26. The Morgan fingerprint density at radius 2 is 2.00 bits per heavy atom. The summed E-state index contributed by atoms with van der Waals surface area (Å²) in [5.74, 6) is -0.0722. The molecule has 4 rings (SSSR count). The zero-order chi connectivity index (χ0) is 17.8. The number of rotatable bonds is 5. The molecule has 0 saturated carbocycles. The molecule has 140 valence electrons. The van der Waals surface area contributed by atoms with E-state index in [2.05, 4.69) is 24.8 Å². The predicted molar refractivity (Wildman–Crippen MR) is 99.2 cm³/mol. The van der Waals surface area contributed by atoms with Crippen molar-refractivity contribution >= 4 is 17.1 Å². The zero-order valence-electron chi connectivity index (χ0n) is 15.2. The summed E-state index contributed by atoms with van der Waals surface area (Å²) in [4.78, 5) is 23.8. The molecule has 2 saturated heterocycles. The van der Waals surface area contributed by atoms with Crippen LogP contribution < -0.4 is 5.32 Å². The highest BCUT2D eigenvalue weighted by Gasteiger charge is 2.19. The second-order valence-corrected chi connectivity index (χ2v) is 7.22. The first-order valence-corrected chi connectivity index (χ1v) is 9.72. The van der Waals surface area contributed by atoms with E-state index in [-0.39, 0.29) is 5.91 Å². The van der Waals surface area contributed by atoms with Gasteiger partial charge >= 0.3 is 0 Å². The molecule has 2 aromatic heterocycles. The molecular weight excluding hydrogens is 330 g/mol. The fourth-order valence-electron chi connectivity index (χ4n) is 3.89. The summed E-state index contributed by atoms with van der Waals surface area (Å²) >= 11 is 0. The van der Waals surface area contributed by atoms with Crippen molar-refractivity contribution in [1.82, 2.24) is 24.8 Å². The molecule has 0 spiro atoms. The van der Waals surface area contributed by atoms with E-state index >= 15 is 0 Å². The van der Waals surface area contributed by atoms with Crippen LogP contribution in [0.3, 0.4) is 0 Å². The monoisotopic (exact) mass is 357 g/mol. The average molecular weight is 357 g/mol. The normalized spacial score (nSPS) is 19.7. The predicted octanol–water partition coefficient (Wildman–Crippen LogP) is 2.00. The first-order valence-electron chi connectivity index (χ1n) is 9.72. The minimum absolute atomic E-state index is 0.0722. The lowest BCUT2D eigenvalue weighted by atomic mass is 10.1. The number of carbonyl (C=O) groups is 1. The van der Waals surface area contributed by atoms with E-state index in [1.165, 1.54) is 19.3 Å². The van der Waals surface area contributed by atoms with Gasteiger partial charge in [-0.1, -0.05) is 6.42 Å². The molecule has 2 aliphatic heterocycles. The third-order valence-electron chi connectivity index (χ3n) is 5.42. The van der Waals surface area contributed by atoms with E-state index in [4.69, 9.17) is 4.74 Å². The summed E-state index contributed by atoms with van der Waals surface area (Å²) in [7, 11) is 0. The minimum atomic E-state index is -0.0722. The molecule has 2 aromatic rings. The van der Waals surface area contributed by atoms with Gasteiger partial charge in [-0.3, -0.25) is 4.79 Å². The van der Waals surface area contributed by atoms with Gasteiger partial charge in [0, 0.05) is 38.5 Å². The number of pyridine rings is 1. The second kappa shape index (κ2) is 8.14. The van der Waals surface area contributed by atoms with Crippen LogP contribution in [-0.4, -0.2) is 64.7 Å². The summed E-state index contributed by atoms with van der Waals surface area (Å²) in [5.41, 5.74) is 2.20. The minimum Gasteiger partial charge on any atom is -0.381 e. The maximum atomic E-state index is 12.4. The summed E-state index contributed by atoms with van der Waals surface area (Å²) < 4.78 is 7.55. The van der Waals surface area contributed by atoms with Gasteiger partial charge in [0.25, 0.3) is 5.91 Å². The molecule has 2 aliphatic rings. The number of likely N-dealkylation sites (tertiary alicyclic amines) is 1. The number of carbonyl (C=O) groups excluding carboxylic acids is 1. The van der Waals surface area contributed by atoms with Crippen LogP contribution in [-0.2, 0) is 4.74 Å². The van der Waals surface area contributed by atoms with Crippen LogP contribution in [0.4, 0.5) is 0 Å². The van der Waals surface area contributed by atoms with E-state index in [9.17, 15) is 4.79 Å². The third kappa shape index (κ3) is 3.88. The topological polar surface area (TPSA) is 72.3 Å². The molecule has 7 nitrogen and oxygen atoms in total. The van der Waals surface area contributed by atoms with Crippen molar-refractivity contribution in [1.29, 1.82) is 0 Å². The van der Waals surface area contributed by atoms with Gasteiger partial charge in [0.1, 0.15) is 5.52 Å². The number of nitrogens with one attached hydrogen (secondary N) is 1. The Morgan fingerprint density at radius 1 is 1.19 bits per heavy atom. The van der Waals surface area contributed by atoms with Gasteiger partial charge in [-0.25, -0.2) is 9.97 Å². The van der Waals surface area contributed by atoms with E-state index in [1.54, 1.807) is 6.20 Å². The van der Waals surface area contributed by atoms with Gasteiger partial charge in [-0.2, -0.15) is 0 Å². The smallest absolute Gasteiger partial charge is 0.252 e. The summed E-state index contributed by atoms with van der Waals surface area (Å²) in [6.45, 7) is 5.44. The Morgan fingerprint density at radius 3 is 2.81 bits per heavy atom. The third-order valence-corrected chi connectivity index (χ3v) is 5.42. The maximum Gasteiger partial charge on any atom is 0.252 e. The van der Waals surface area contributed by atoms with Crippen molar-refractivity contribution in [3.63, 3.8) is 0 Å². The molecule has 0 atom stereocenters. The van der Waals surface area contributed by atoms with Gasteiger partial charge in [-0.15, -0.1) is 0 Å². The van der Waals surface area contributed by atoms with E-state index in [0.717, 1.165) is 56.9 Å². The van der Waals surface area contributed by atoms with Crippen LogP contribution in [0.15, 0.2) is 18.6 Å². The van der Waals surface area contributed by atoms with Gasteiger partial charge in [0.05, 0.1) is 11.9 Å².